The van der Waals surface area contributed by atoms with Gasteiger partial charge in [-0.3, -0.25) is 9.52 Å². The monoisotopic (exact) mass is 507 g/mol. The van der Waals surface area contributed by atoms with Gasteiger partial charge in [-0.2, -0.15) is 5.26 Å². The van der Waals surface area contributed by atoms with E-state index < -0.39 is 28.0 Å². The van der Waals surface area contributed by atoms with Crippen molar-refractivity contribution in [3.8, 4) is 17.6 Å². The van der Waals surface area contributed by atoms with Gasteiger partial charge in [-0.05, 0) is 67.6 Å². The minimum Gasteiger partial charge on any atom is -0.486 e. The summed E-state index contributed by atoms with van der Waals surface area (Å²) in [5, 5.41) is 11.4. The number of rotatable bonds is 7. The predicted octanol–water partition coefficient (Wildman–Crippen LogP) is 3.31. The van der Waals surface area contributed by atoms with E-state index in [-0.39, 0.29) is 16.1 Å². The second-order valence-electron chi connectivity index (χ2n) is 7.71. The zero-order chi connectivity index (χ0) is 25.7. The van der Waals surface area contributed by atoms with Crippen molar-refractivity contribution in [2.45, 2.75) is 17.9 Å². The molecule has 2 N–H and O–H groups in total. The number of ether oxygens (including phenoxy) is 3. The van der Waals surface area contributed by atoms with Gasteiger partial charge in [0, 0.05) is 17.4 Å². The molecule has 0 radical (unpaired) electrons. The number of sulfonamides is 1. The van der Waals surface area contributed by atoms with E-state index in [0.717, 1.165) is 0 Å². The van der Waals surface area contributed by atoms with Crippen molar-refractivity contribution in [3.63, 3.8) is 0 Å². The van der Waals surface area contributed by atoms with Gasteiger partial charge in [-0.1, -0.05) is 0 Å². The van der Waals surface area contributed by atoms with Crippen LogP contribution in [0.5, 0.6) is 11.5 Å². The maximum atomic E-state index is 12.8. The summed E-state index contributed by atoms with van der Waals surface area (Å²) < 4.78 is 44.0. The second kappa shape index (κ2) is 10.4. The number of hydrogen-bond acceptors (Lipinski definition) is 8. The first-order chi connectivity index (χ1) is 17.2. The van der Waals surface area contributed by atoms with Crippen molar-refractivity contribution in [3.05, 3.63) is 77.9 Å². The third-order valence-corrected chi connectivity index (χ3v) is 6.51. The van der Waals surface area contributed by atoms with E-state index in [1.807, 2.05) is 6.07 Å². The van der Waals surface area contributed by atoms with Gasteiger partial charge in [-0.25, -0.2) is 13.2 Å². The fourth-order valence-corrected chi connectivity index (χ4v) is 4.31. The minimum atomic E-state index is -3.92. The van der Waals surface area contributed by atoms with Crippen LogP contribution in [-0.2, 0) is 19.6 Å². The number of anilines is 2. The third-order valence-electron chi connectivity index (χ3n) is 5.13. The van der Waals surface area contributed by atoms with E-state index in [0.29, 0.717) is 36.0 Å². The molecule has 1 aliphatic heterocycles. The molecule has 0 fully saturated rings. The Bertz CT molecular complexity index is 1430. The predicted molar refractivity (Wildman–Crippen MR) is 129 cm³/mol. The molecule has 0 aliphatic carbocycles. The molecule has 1 aliphatic rings. The van der Waals surface area contributed by atoms with Crippen molar-refractivity contribution >= 4 is 33.3 Å². The molecule has 11 heteroatoms. The summed E-state index contributed by atoms with van der Waals surface area (Å²) in [7, 11) is -3.92. The van der Waals surface area contributed by atoms with Gasteiger partial charge in [0.05, 0.1) is 22.1 Å². The molecule has 1 amide bonds. The maximum absolute atomic E-state index is 12.8. The SMILES string of the molecule is C[C@H](OC(=O)c1ccc(NS(=O)(=O)c2ccc3c(c2)OCCO3)cc1)C(=O)Nc1ccc(C#N)cc1. The molecule has 10 nitrogen and oxygen atoms in total. The van der Waals surface area contributed by atoms with Crippen molar-refractivity contribution < 1.29 is 32.2 Å². The summed E-state index contributed by atoms with van der Waals surface area (Å²) >= 11 is 0. The van der Waals surface area contributed by atoms with Crippen LogP contribution in [0, 0.1) is 11.3 Å². The molecule has 3 aromatic carbocycles. The van der Waals surface area contributed by atoms with Crippen LogP contribution < -0.4 is 19.5 Å². The Kier molecular flexibility index (Phi) is 7.07. The van der Waals surface area contributed by atoms with Crippen LogP contribution in [0.4, 0.5) is 11.4 Å². The molecule has 36 heavy (non-hydrogen) atoms. The number of carbonyl (C=O) groups excluding carboxylic acids is 2. The van der Waals surface area contributed by atoms with E-state index in [1.165, 1.54) is 49.4 Å². The van der Waals surface area contributed by atoms with Crippen LogP contribution in [-0.4, -0.2) is 39.6 Å². The van der Waals surface area contributed by atoms with E-state index in [1.54, 1.807) is 24.3 Å². The Morgan fingerprint density at radius 1 is 0.944 bits per heavy atom. The minimum absolute atomic E-state index is 0.00247. The number of fused-ring (bicyclic) bond motifs is 1. The van der Waals surface area contributed by atoms with Crippen LogP contribution in [0.2, 0.25) is 0 Å². The van der Waals surface area contributed by atoms with Crippen molar-refractivity contribution in [1.82, 2.24) is 0 Å². The molecule has 1 atom stereocenters. The lowest BCUT2D eigenvalue weighted by Gasteiger charge is -2.19. The number of hydrogen-bond donors (Lipinski definition) is 2. The maximum Gasteiger partial charge on any atom is 0.338 e. The van der Waals surface area contributed by atoms with Crippen LogP contribution in [0.3, 0.4) is 0 Å². The summed E-state index contributed by atoms with van der Waals surface area (Å²) in [4.78, 5) is 24.8. The number of benzene rings is 3. The normalized spacial score (nSPS) is 13.1. The summed E-state index contributed by atoms with van der Waals surface area (Å²) in [5.41, 5.74) is 1.27. The quantitative estimate of drug-likeness (QED) is 0.464. The lowest BCUT2D eigenvalue weighted by Crippen LogP contribution is -2.30. The molecular formula is C25H21N3O7S. The Labute approximate surface area is 207 Å². The Morgan fingerprint density at radius 2 is 1.58 bits per heavy atom. The first kappa shape index (κ1) is 24.6. The van der Waals surface area contributed by atoms with Gasteiger partial charge in [0.15, 0.2) is 17.6 Å². The van der Waals surface area contributed by atoms with Gasteiger partial charge in [0.2, 0.25) is 0 Å². The highest BCUT2D eigenvalue weighted by atomic mass is 32.2. The highest BCUT2D eigenvalue weighted by Crippen LogP contribution is 2.32. The molecule has 3 aromatic rings. The van der Waals surface area contributed by atoms with Gasteiger partial charge in [-0.15, -0.1) is 0 Å². The van der Waals surface area contributed by atoms with Crippen molar-refractivity contribution in [1.29, 1.82) is 5.26 Å². The molecular weight excluding hydrogens is 486 g/mol. The third kappa shape index (κ3) is 5.73. The molecule has 1 heterocycles. The lowest BCUT2D eigenvalue weighted by atomic mass is 10.2. The van der Waals surface area contributed by atoms with Crippen LogP contribution in [0.15, 0.2) is 71.6 Å². The molecule has 184 valence electrons. The zero-order valence-corrected chi connectivity index (χ0v) is 19.9. The summed E-state index contributed by atoms with van der Waals surface area (Å²) in [6.45, 7) is 2.15. The van der Waals surface area contributed by atoms with Crippen molar-refractivity contribution in [2.75, 3.05) is 23.3 Å². The van der Waals surface area contributed by atoms with Crippen LogP contribution in [0.25, 0.3) is 0 Å². The first-order valence-corrected chi connectivity index (χ1v) is 12.3. The number of nitrogens with one attached hydrogen (secondary N) is 2. The molecule has 0 spiro atoms. The average Bonchev–Trinajstić information content (AvgIpc) is 2.89. The fraction of sp³-hybridized carbons (Fsp3) is 0.160. The molecule has 4 rings (SSSR count). The lowest BCUT2D eigenvalue weighted by molar-refractivity contribution is -0.123. The summed E-state index contributed by atoms with van der Waals surface area (Å²) in [6, 6.07) is 18.1. The summed E-state index contributed by atoms with van der Waals surface area (Å²) in [6.07, 6.45) is -1.10. The van der Waals surface area contributed by atoms with E-state index in [2.05, 4.69) is 10.0 Å². The Hall–Kier alpha value is -4.56. The van der Waals surface area contributed by atoms with E-state index >= 15 is 0 Å². The smallest absolute Gasteiger partial charge is 0.338 e. The van der Waals surface area contributed by atoms with E-state index in [9.17, 15) is 18.0 Å². The van der Waals surface area contributed by atoms with Crippen LogP contribution >= 0.6 is 0 Å². The van der Waals surface area contributed by atoms with Crippen LogP contribution in [0.1, 0.15) is 22.8 Å². The first-order valence-electron chi connectivity index (χ1n) is 10.8. The van der Waals surface area contributed by atoms with Gasteiger partial charge >= 0.3 is 5.97 Å². The molecule has 0 aromatic heterocycles. The standard InChI is InChI=1S/C25H21N3O7S/c1-16(24(29)27-19-6-2-17(15-26)3-7-19)35-25(30)18-4-8-20(9-5-18)28-36(31,32)21-10-11-22-23(14-21)34-13-12-33-22/h2-11,14,16,28H,12-13H2,1H3,(H,27,29)/t16-/m0/s1. The number of nitrogens with zero attached hydrogens (tertiary/aromatic N) is 1. The average molecular weight is 508 g/mol. The highest BCUT2D eigenvalue weighted by molar-refractivity contribution is 7.92. The zero-order valence-electron chi connectivity index (χ0n) is 19.1. The van der Waals surface area contributed by atoms with Gasteiger partial charge in [0.25, 0.3) is 15.9 Å². The molecule has 0 unspecified atom stereocenters. The van der Waals surface area contributed by atoms with E-state index in [4.69, 9.17) is 19.5 Å². The highest BCUT2D eigenvalue weighted by Gasteiger charge is 2.21. The molecule has 0 saturated carbocycles. The van der Waals surface area contributed by atoms with Crippen molar-refractivity contribution in [2.24, 2.45) is 0 Å². The molecule has 0 bridgehead atoms. The Balaban J connectivity index is 1.36. The number of carbonyl (C=O) groups is 2. The number of esters is 1. The largest absolute Gasteiger partial charge is 0.486 e. The number of amides is 1. The van der Waals surface area contributed by atoms with Gasteiger partial charge in [0.1, 0.15) is 13.2 Å². The fourth-order valence-electron chi connectivity index (χ4n) is 3.23. The number of nitriles is 1. The van der Waals surface area contributed by atoms with Gasteiger partial charge < -0.3 is 19.5 Å². The Morgan fingerprint density at radius 3 is 2.25 bits per heavy atom. The second-order valence-corrected chi connectivity index (χ2v) is 9.40. The topological polar surface area (TPSA) is 144 Å². The summed E-state index contributed by atoms with van der Waals surface area (Å²) in [5.74, 6) is -0.474. The molecule has 0 saturated heterocycles.